The first-order chi connectivity index (χ1) is 6.07. The zero-order valence-corrected chi connectivity index (χ0v) is 8.50. The maximum absolute atomic E-state index is 5.70. The molecule has 1 heterocycles. The van der Waals surface area contributed by atoms with E-state index in [0.29, 0.717) is 17.3 Å². The number of hydrogen-bond acceptors (Lipinski definition) is 2. The van der Waals surface area contributed by atoms with Crippen molar-refractivity contribution in [1.29, 1.82) is 0 Å². The van der Waals surface area contributed by atoms with Crippen molar-refractivity contribution in [2.24, 2.45) is 17.1 Å². The molecular formula is C11H17NO. The van der Waals surface area contributed by atoms with Crippen LogP contribution in [0.25, 0.3) is 0 Å². The standard InChI is InChI=1S/C11H17NO/c1-7-4-5-9(13-7)10-8(6-12)11(10,2)3/h4-5,8,10H,6,12H2,1-3H3/t8-,10+/m1/s1. The van der Waals surface area contributed by atoms with Crippen molar-refractivity contribution in [2.75, 3.05) is 6.54 Å². The van der Waals surface area contributed by atoms with Gasteiger partial charge in [0.05, 0.1) is 0 Å². The average Bonchev–Trinajstić information content (AvgIpc) is 2.41. The van der Waals surface area contributed by atoms with Crippen LogP contribution >= 0.6 is 0 Å². The summed E-state index contributed by atoms with van der Waals surface area (Å²) in [7, 11) is 0. The Morgan fingerprint density at radius 3 is 2.54 bits per heavy atom. The highest BCUT2D eigenvalue weighted by molar-refractivity contribution is 5.25. The van der Waals surface area contributed by atoms with Gasteiger partial charge in [-0.25, -0.2) is 0 Å². The van der Waals surface area contributed by atoms with Gasteiger partial charge in [0.25, 0.3) is 0 Å². The van der Waals surface area contributed by atoms with E-state index in [0.717, 1.165) is 18.1 Å². The summed E-state index contributed by atoms with van der Waals surface area (Å²) >= 11 is 0. The van der Waals surface area contributed by atoms with Crippen LogP contribution in [0.15, 0.2) is 16.5 Å². The van der Waals surface area contributed by atoms with Gasteiger partial charge < -0.3 is 10.2 Å². The highest BCUT2D eigenvalue weighted by atomic mass is 16.3. The zero-order chi connectivity index (χ0) is 9.64. The van der Waals surface area contributed by atoms with E-state index in [1.807, 2.05) is 13.0 Å². The van der Waals surface area contributed by atoms with Gasteiger partial charge in [-0.05, 0) is 36.9 Å². The molecule has 0 saturated heterocycles. The van der Waals surface area contributed by atoms with Gasteiger partial charge in [-0.15, -0.1) is 0 Å². The van der Waals surface area contributed by atoms with Gasteiger partial charge in [0.15, 0.2) is 0 Å². The Morgan fingerprint density at radius 1 is 1.46 bits per heavy atom. The van der Waals surface area contributed by atoms with Gasteiger partial charge in [-0.2, -0.15) is 0 Å². The monoisotopic (exact) mass is 179 g/mol. The Bertz CT molecular complexity index is 314. The first kappa shape index (κ1) is 8.82. The summed E-state index contributed by atoms with van der Waals surface area (Å²) in [5, 5.41) is 0. The van der Waals surface area contributed by atoms with Crippen LogP contribution in [0.2, 0.25) is 0 Å². The van der Waals surface area contributed by atoms with Crippen LogP contribution in [0.3, 0.4) is 0 Å². The summed E-state index contributed by atoms with van der Waals surface area (Å²) in [6.07, 6.45) is 0. The predicted molar refractivity (Wildman–Crippen MR) is 52.5 cm³/mol. The quantitative estimate of drug-likeness (QED) is 0.756. The lowest BCUT2D eigenvalue weighted by molar-refractivity contribution is 0.461. The van der Waals surface area contributed by atoms with Gasteiger partial charge in [0.1, 0.15) is 11.5 Å². The molecule has 0 amide bonds. The van der Waals surface area contributed by atoms with E-state index >= 15 is 0 Å². The lowest BCUT2D eigenvalue weighted by atomic mass is 10.1. The van der Waals surface area contributed by atoms with Gasteiger partial charge >= 0.3 is 0 Å². The van der Waals surface area contributed by atoms with Crippen LogP contribution < -0.4 is 5.73 Å². The molecule has 1 aromatic rings. The van der Waals surface area contributed by atoms with Crippen molar-refractivity contribution >= 4 is 0 Å². The molecule has 1 aromatic heterocycles. The van der Waals surface area contributed by atoms with Crippen molar-refractivity contribution < 1.29 is 4.42 Å². The molecule has 1 saturated carbocycles. The predicted octanol–water partition coefficient (Wildman–Crippen LogP) is 2.29. The van der Waals surface area contributed by atoms with Crippen LogP contribution in [-0.2, 0) is 0 Å². The molecule has 72 valence electrons. The van der Waals surface area contributed by atoms with Gasteiger partial charge in [-0.1, -0.05) is 13.8 Å². The molecule has 2 heteroatoms. The lowest BCUT2D eigenvalue weighted by Crippen LogP contribution is -2.05. The molecule has 0 radical (unpaired) electrons. The third-order valence-electron chi connectivity index (χ3n) is 3.37. The highest BCUT2D eigenvalue weighted by Crippen LogP contribution is 2.63. The summed E-state index contributed by atoms with van der Waals surface area (Å²) in [5.41, 5.74) is 6.03. The molecule has 2 N–H and O–H groups in total. The second-order valence-electron chi connectivity index (χ2n) is 4.59. The number of furan rings is 1. The topological polar surface area (TPSA) is 39.2 Å². The molecule has 0 spiro atoms. The molecule has 1 aliphatic rings. The summed E-state index contributed by atoms with van der Waals surface area (Å²) < 4.78 is 5.62. The van der Waals surface area contributed by atoms with Crippen LogP contribution in [0.5, 0.6) is 0 Å². The molecule has 13 heavy (non-hydrogen) atoms. The van der Waals surface area contributed by atoms with Gasteiger partial charge in [0, 0.05) is 5.92 Å². The average molecular weight is 179 g/mol. The fourth-order valence-corrected chi connectivity index (χ4v) is 2.37. The van der Waals surface area contributed by atoms with Crippen molar-refractivity contribution in [3.63, 3.8) is 0 Å². The molecule has 0 unspecified atom stereocenters. The smallest absolute Gasteiger partial charge is 0.108 e. The largest absolute Gasteiger partial charge is 0.466 e. The second kappa shape index (κ2) is 2.61. The van der Waals surface area contributed by atoms with Gasteiger partial charge in [0.2, 0.25) is 0 Å². The number of hydrogen-bond donors (Lipinski definition) is 1. The molecule has 1 fully saturated rings. The van der Waals surface area contributed by atoms with E-state index in [-0.39, 0.29) is 0 Å². The Morgan fingerprint density at radius 2 is 2.15 bits per heavy atom. The van der Waals surface area contributed by atoms with Crippen molar-refractivity contribution in [3.8, 4) is 0 Å². The number of nitrogens with two attached hydrogens (primary N) is 1. The molecule has 2 nitrogen and oxygen atoms in total. The van der Waals surface area contributed by atoms with E-state index in [1.54, 1.807) is 0 Å². The Balaban J connectivity index is 2.21. The normalized spacial score (nSPS) is 30.5. The van der Waals surface area contributed by atoms with Crippen LogP contribution in [-0.4, -0.2) is 6.54 Å². The summed E-state index contributed by atoms with van der Waals surface area (Å²) in [6, 6.07) is 4.11. The summed E-state index contributed by atoms with van der Waals surface area (Å²) in [6.45, 7) is 7.26. The first-order valence-corrected chi connectivity index (χ1v) is 4.83. The zero-order valence-electron chi connectivity index (χ0n) is 8.50. The second-order valence-corrected chi connectivity index (χ2v) is 4.59. The van der Waals surface area contributed by atoms with E-state index in [4.69, 9.17) is 10.2 Å². The van der Waals surface area contributed by atoms with E-state index in [9.17, 15) is 0 Å². The van der Waals surface area contributed by atoms with E-state index in [1.165, 1.54) is 0 Å². The van der Waals surface area contributed by atoms with Gasteiger partial charge in [-0.3, -0.25) is 0 Å². The van der Waals surface area contributed by atoms with Crippen LogP contribution in [0.4, 0.5) is 0 Å². The molecule has 0 aromatic carbocycles. The van der Waals surface area contributed by atoms with E-state index in [2.05, 4.69) is 19.9 Å². The van der Waals surface area contributed by atoms with E-state index < -0.39 is 0 Å². The SMILES string of the molecule is Cc1ccc([C@@H]2[C@@H](CN)C2(C)C)o1. The molecule has 2 rings (SSSR count). The third-order valence-corrected chi connectivity index (χ3v) is 3.37. The molecule has 2 atom stereocenters. The molecular weight excluding hydrogens is 162 g/mol. The maximum atomic E-state index is 5.70. The number of rotatable bonds is 2. The summed E-state index contributed by atoms with van der Waals surface area (Å²) in [4.78, 5) is 0. The van der Waals surface area contributed by atoms with Crippen LogP contribution in [0, 0.1) is 18.3 Å². The first-order valence-electron chi connectivity index (χ1n) is 4.83. The minimum atomic E-state index is 0.332. The maximum Gasteiger partial charge on any atom is 0.108 e. The minimum absolute atomic E-state index is 0.332. The Kier molecular flexibility index (Phi) is 1.77. The minimum Gasteiger partial charge on any atom is -0.466 e. The lowest BCUT2D eigenvalue weighted by Gasteiger charge is -1.98. The number of aryl methyl sites for hydroxylation is 1. The van der Waals surface area contributed by atoms with Crippen molar-refractivity contribution in [1.82, 2.24) is 0 Å². The fraction of sp³-hybridized carbons (Fsp3) is 0.636. The molecule has 1 aliphatic carbocycles. The van der Waals surface area contributed by atoms with Crippen LogP contribution in [0.1, 0.15) is 31.3 Å². The Hall–Kier alpha value is -0.760. The Labute approximate surface area is 79.1 Å². The fourth-order valence-electron chi connectivity index (χ4n) is 2.37. The summed E-state index contributed by atoms with van der Waals surface area (Å²) in [5.74, 6) is 3.23. The third kappa shape index (κ3) is 1.20. The molecule has 0 bridgehead atoms. The molecule has 0 aliphatic heterocycles. The van der Waals surface area contributed by atoms with Crippen molar-refractivity contribution in [3.05, 3.63) is 23.7 Å². The highest BCUT2D eigenvalue weighted by Gasteiger charge is 2.58. The van der Waals surface area contributed by atoms with Crippen molar-refractivity contribution in [2.45, 2.75) is 26.7 Å².